The van der Waals surface area contributed by atoms with Gasteiger partial charge in [-0.3, -0.25) is 4.79 Å². The molecule has 0 unspecified atom stereocenters. The summed E-state index contributed by atoms with van der Waals surface area (Å²) in [7, 11) is 1.63. The van der Waals surface area contributed by atoms with Crippen LogP contribution in [-0.4, -0.2) is 19.5 Å². The highest BCUT2D eigenvalue weighted by molar-refractivity contribution is 6.42. The predicted molar refractivity (Wildman–Crippen MR) is 66.9 cm³/mol. The number of carbonyl (C=O) groups excluding carboxylic acids is 1. The number of hydrogen-bond acceptors (Lipinski definition) is 2. The van der Waals surface area contributed by atoms with Crippen molar-refractivity contribution in [2.75, 3.05) is 13.6 Å². The van der Waals surface area contributed by atoms with E-state index in [9.17, 15) is 4.79 Å². The van der Waals surface area contributed by atoms with Gasteiger partial charge in [-0.2, -0.15) is 0 Å². The summed E-state index contributed by atoms with van der Waals surface area (Å²) < 4.78 is 0. The molecule has 0 bridgehead atoms. The summed E-state index contributed by atoms with van der Waals surface area (Å²) in [6, 6.07) is 5.48. The number of halogens is 2. The Hall–Kier alpha value is -0.770. The third-order valence-electron chi connectivity index (χ3n) is 2.12. The minimum absolute atomic E-state index is 0.0293. The van der Waals surface area contributed by atoms with Crippen LogP contribution in [0.5, 0.6) is 0 Å². The molecule has 0 saturated carbocycles. The molecule has 88 valence electrons. The molecule has 0 radical (unpaired) electrons. The van der Waals surface area contributed by atoms with Crippen LogP contribution in [0, 0.1) is 0 Å². The van der Waals surface area contributed by atoms with Crippen molar-refractivity contribution in [1.82, 2.24) is 10.6 Å². The van der Waals surface area contributed by atoms with Gasteiger partial charge in [0.1, 0.15) is 0 Å². The van der Waals surface area contributed by atoms with Crippen LogP contribution in [0.3, 0.4) is 0 Å². The van der Waals surface area contributed by atoms with E-state index in [2.05, 4.69) is 10.6 Å². The van der Waals surface area contributed by atoms with Gasteiger partial charge in [0.15, 0.2) is 0 Å². The first-order chi connectivity index (χ1) is 7.63. The molecule has 1 aromatic rings. The molecule has 1 amide bonds. The van der Waals surface area contributed by atoms with Crippen LogP contribution >= 0.6 is 23.2 Å². The summed E-state index contributed by atoms with van der Waals surface area (Å²) in [6.07, 6.45) is 0.470. The molecule has 0 saturated heterocycles. The molecule has 0 aliphatic carbocycles. The highest BCUT2D eigenvalue weighted by Gasteiger charge is 2.00. The molecule has 5 heteroatoms. The van der Waals surface area contributed by atoms with Gasteiger partial charge in [-0.25, -0.2) is 0 Å². The van der Waals surface area contributed by atoms with E-state index >= 15 is 0 Å². The van der Waals surface area contributed by atoms with Crippen molar-refractivity contribution in [3.8, 4) is 0 Å². The molecule has 0 heterocycles. The smallest absolute Gasteiger partial charge is 0.221 e. The maximum atomic E-state index is 10.9. The second-order valence-corrected chi connectivity index (χ2v) is 4.16. The van der Waals surface area contributed by atoms with Gasteiger partial charge < -0.3 is 10.6 Å². The van der Waals surface area contributed by atoms with Crippen molar-refractivity contribution in [2.45, 2.75) is 13.0 Å². The van der Waals surface area contributed by atoms with E-state index in [1.165, 1.54) is 0 Å². The van der Waals surface area contributed by atoms with Crippen LogP contribution in [0.1, 0.15) is 12.0 Å². The first-order valence-corrected chi connectivity index (χ1v) is 5.74. The van der Waals surface area contributed by atoms with Gasteiger partial charge in [-0.05, 0) is 17.7 Å². The van der Waals surface area contributed by atoms with Crippen molar-refractivity contribution >= 4 is 29.1 Å². The topological polar surface area (TPSA) is 41.1 Å². The Labute approximate surface area is 105 Å². The van der Waals surface area contributed by atoms with Crippen molar-refractivity contribution in [2.24, 2.45) is 0 Å². The molecular weight excluding hydrogens is 247 g/mol. The Morgan fingerprint density at radius 3 is 2.69 bits per heavy atom. The number of rotatable bonds is 5. The highest BCUT2D eigenvalue weighted by atomic mass is 35.5. The van der Waals surface area contributed by atoms with Crippen molar-refractivity contribution in [3.05, 3.63) is 33.8 Å². The SMILES string of the molecule is CNC(=O)CCNCc1ccc(Cl)c(Cl)c1. The maximum absolute atomic E-state index is 10.9. The van der Waals surface area contributed by atoms with Gasteiger partial charge >= 0.3 is 0 Å². The van der Waals surface area contributed by atoms with Crippen molar-refractivity contribution in [1.29, 1.82) is 0 Å². The molecule has 0 aliphatic rings. The standard InChI is InChI=1S/C11H14Cl2N2O/c1-14-11(16)4-5-15-7-8-2-3-9(12)10(13)6-8/h2-3,6,15H,4-5,7H2,1H3,(H,14,16). The average Bonchev–Trinajstić information content (AvgIpc) is 2.28. The number of hydrogen-bond donors (Lipinski definition) is 2. The van der Waals surface area contributed by atoms with Gasteiger partial charge in [0.25, 0.3) is 0 Å². The zero-order valence-electron chi connectivity index (χ0n) is 9.02. The quantitative estimate of drug-likeness (QED) is 0.798. The van der Waals surface area contributed by atoms with Crippen LogP contribution in [0.4, 0.5) is 0 Å². The zero-order chi connectivity index (χ0) is 12.0. The number of benzene rings is 1. The summed E-state index contributed by atoms with van der Waals surface area (Å²) in [5, 5.41) is 6.81. The largest absolute Gasteiger partial charge is 0.359 e. The van der Waals surface area contributed by atoms with Crippen molar-refractivity contribution < 1.29 is 4.79 Å². The Bertz CT molecular complexity index is 369. The Morgan fingerprint density at radius 2 is 2.06 bits per heavy atom. The fourth-order valence-corrected chi connectivity index (χ4v) is 1.53. The molecule has 0 atom stereocenters. The minimum Gasteiger partial charge on any atom is -0.359 e. The molecule has 0 aliphatic heterocycles. The maximum Gasteiger partial charge on any atom is 0.221 e. The highest BCUT2D eigenvalue weighted by Crippen LogP contribution is 2.22. The van der Waals surface area contributed by atoms with Gasteiger partial charge in [-0.1, -0.05) is 29.3 Å². The Balaban J connectivity index is 2.32. The van der Waals surface area contributed by atoms with E-state index < -0.39 is 0 Å². The van der Waals surface area contributed by atoms with Gasteiger partial charge in [0.05, 0.1) is 10.0 Å². The van der Waals surface area contributed by atoms with E-state index in [0.717, 1.165) is 5.56 Å². The monoisotopic (exact) mass is 260 g/mol. The molecule has 0 aromatic heterocycles. The summed E-state index contributed by atoms with van der Waals surface area (Å²) in [5.74, 6) is 0.0293. The van der Waals surface area contributed by atoms with E-state index in [0.29, 0.717) is 29.6 Å². The van der Waals surface area contributed by atoms with Gasteiger partial charge in [-0.15, -0.1) is 0 Å². The lowest BCUT2D eigenvalue weighted by Gasteiger charge is -2.05. The van der Waals surface area contributed by atoms with Crippen LogP contribution in [0.25, 0.3) is 0 Å². The van der Waals surface area contributed by atoms with Crippen LogP contribution < -0.4 is 10.6 Å². The average molecular weight is 261 g/mol. The number of nitrogens with one attached hydrogen (secondary N) is 2. The van der Waals surface area contributed by atoms with E-state index in [4.69, 9.17) is 23.2 Å². The third kappa shape index (κ3) is 4.39. The lowest BCUT2D eigenvalue weighted by molar-refractivity contribution is -0.120. The van der Waals surface area contributed by atoms with Crippen LogP contribution in [0.2, 0.25) is 10.0 Å². The molecule has 0 fully saturated rings. The van der Waals surface area contributed by atoms with E-state index in [1.807, 2.05) is 12.1 Å². The third-order valence-corrected chi connectivity index (χ3v) is 2.86. The second kappa shape index (κ2) is 6.74. The molecule has 3 nitrogen and oxygen atoms in total. The summed E-state index contributed by atoms with van der Waals surface area (Å²) in [5.41, 5.74) is 1.05. The van der Waals surface area contributed by atoms with Gasteiger partial charge in [0.2, 0.25) is 5.91 Å². The second-order valence-electron chi connectivity index (χ2n) is 3.35. The van der Waals surface area contributed by atoms with E-state index in [1.54, 1.807) is 13.1 Å². The summed E-state index contributed by atoms with van der Waals surface area (Å²) in [6.45, 7) is 1.31. The lowest BCUT2D eigenvalue weighted by atomic mass is 10.2. The Morgan fingerprint density at radius 1 is 1.31 bits per heavy atom. The summed E-state index contributed by atoms with van der Waals surface area (Å²) >= 11 is 11.7. The fraction of sp³-hybridized carbons (Fsp3) is 0.364. The predicted octanol–water partition coefficient (Wildman–Crippen LogP) is 2.22. The molecular formula is C11H14Cl2N2O. The first kappa shape index (κ1) is 13.3. The number of amides is 1. The Kier molecular flexibility index (Phi) is 5.60. The molecule has 2 N–H and O–H groups in total. The number of carbonyl (C=O) groups is 1. The van der Waals surface area contributed by atoms with Gasteiger partial charge in [0, 0.05) is 26.6 Å². The fourth-order valence-electron chi connectivity index (χ4n) is 1.21. The van der Waals surface area contributed by atoms with Crippen LogP contribution in [0.15, 0.2) is 18.2 Å². The molecule has 1 aromatic carbocycles. The first-order valence-electron chi connectivity index (χ1n) is 4.98. The molecule has 1 rings (SSSR count). The van der Waals surface area contributed by atoms with E-state index in [-0.39, 0.29) is 5.91 Å². The molecule has 0 spiro atoms. The van der Waals surface area contributed by atoms with Crippen molar-refractivity contribution in [3.63, 3.8) is 0 Å². The lowest BCUT2D eigenvalue weighted by Crippen LogP contribution is -2.24. The molecule has 16 heavy (non-hydrogen) atoms. The zero-order valence-corrected chi connectivity index (χ0v) is 10.5. The normalized spacial score (nSPS) is 10.2. The van der Waals surface area contributed by atoms with Crippen LogP contribution in [-0.2, 0) is 11.3 Å². The summed E-state index contributed by atoms with van der Waals surface area (Å²) in [4.78, 5) is 10.9. The minimum atomic E-state index is 0.0293.